The van der Waals surface area contributed by atoms with E-state index in [1.807, 2.05) is 12.2 Å². The summed E-state index contributed by atoms with van der Waals surface area (Å²) in [5.74, 6) is -0.643. The van der Waals surface area contributed by atoms with Crippen molar-refractivity contribution in [2.24, 2.45) is 5.92 Å². The Morgan fingerprint density at radius 2 is 1.83 bits per heavy atom. The summed E-state index contributed by atoms with van der Waals surface area (Å²) in [5.41, 5.74) is 1.15. The second kappa shape index (κ2) is 7.29. The summed E-state index contributed by atoms with van der Waals surface area (Å²) in [7, 11) is 0. The molecule has 0 aliphatic carbocycles. The molecule has 0 saturated heterocycles. The van der Waals surface area contributed by atoms with E-state index in [9.17, 15) is 14.4 Å². The van der Waals surface area contributed by atoms with Crippen LogP contribution in [-0.4, -0.2) is 23.1 Å². The molecule has 0 spiro atoms. The third-order valence-corrected chi connectivity index (χ3v) is 4.92. The first-order chi connectivity index (χ1) is 11.2. The predicted molar refractivity (Wildman–Crippen MR) is 92.4 cm³/mol. The molecule has 24 heavy (non-hydrogen) atoms. The van der Waals surface area contributed by atoms with Crippen molar-refractivity contribution in [1.82, 2.24) is 0 Å². The zero-order chi connectivity index (χ0) is 17.9. The smallest absolute Gasteiger partial charge is 0.334 e. The van der Waals surface area contributed by atoms with E-state index in [-0.39, 0.29) is 18.0 Å². The maximum Gasteiger partial charge on any atom is 0.334 e. The number of carbonyl (C=O) groups excluding carboxylic acids is 3. The molecular formula is C20H26O4. The summed E-state index contributed by atoms with van der Waals surface area (Å²) in [6.07, 6.45) is 7.75. The zero-order valence-electron chi connectivity index (χ0n) is 15.0. The lowest BCUT2D eigenvalue weighted by atomic mass is 9.90. The molecule has 4 heteroatoms. The third-order valence-electron chi connectivity index (χ3n) is 4.92. The van der Waals surface area contributed by atoms with Crippen molar-refractivity contribution in [1.29, 1.82) is 0 Å². The SMILES string of the molecule is CC1=CC=C(C(C)C)CCC2=CCCC(C)(OC2=O)C(=O)CC1=O. The lowest BCUT2D eigenvalue weighted by molar-refractivity contribution is -0.162. The summed E-state index contributed by atoms with van der Waals surface area (Å²) in [5, 5.41) is 0. The molecule has 0 N–H and O–H groups in total. The lowest BCUT2D eigenvalue weighted by Gasteiger charge is -2.26. The number of hydrogen-bond acceptors (Lipinski definition) is 4. The number of fused-ring (bicyclic) bond motifs is 3. The fourth-order valence-corrected chi connectivity index (χ4v) is 2.97. The quantitative estimate of drug-likeness (QED) is 0.541. The molecule has 0 saturated carbocycles. The molecule has 0 amide bonds. The number of carbonyl (C=O) groups is 3. The fraction of sp³-hybridized carbons (Fsp3) is 0.550. The van der Waals surface area contributed by atoms with Crippen molar-refractivity contribution in [2.75, 3.05) is 0 Å². The molecule has 2 bridgehead atoms. The van der Waals surface area contributed by atoms with E-state index < -0.39 is 11.6 Å². The van der Waals surface area contributed by atoms with Crippen LogP contribution in [0.4, 0.5) is 0 Å². The molecule has 2 rings (SSSR count). The minimum Gasteiger partial charge on any atom is -0.448 e. The van der Waals surface area contributed by atoms with Gasteiger partial charge in [0.1, 0.15) is 0 Å². The maximum absolute atomic E-state index is 12.6. The van der Waals surface area contributed by atoms with Crippen LogP contribution in [-0.2, 0) is 19.1 Å². The van der Waals surface area contributed by atoms with Crippen LogP contribution in [0.15, 0.2) is 34.9 Å². The highest BCUT2D eigenvalue weighted by Gasteiger charge is 2.39. The summed E-state index contributed by atoms with van der Waals surface area (Å²) in [4.78, 5) is 37.3. The van der Waals surface area contributed by atoms with E-state index in [0.29, 0.717) is 36.3 Å². The van der Waals surface area contributed by atoms with Crippen LogP contribution in [0.25, 0.3) is 0 Å². The maximum atomic E-state index is 12.6. The summed E-state index contributed by atoms with van der Waals surface area (Å²) in [6, 6.07) is 0. The van der Waals surface area contributed by atoms with Crippen molar-refractivity contribution < 1.29 is 19.1 Å². The molecule has 0 aromatic heterocycles. The Kier molecular flexibility index (Phi) is 5.58. The van der Waals surface area contributed by atoms with Gasteiger partial charge in [0.2, 0.25) is 0 Å². The van der Waals surface area contributed by atoms with Crippen LogP contribution in [0.1, 0.15) is 59.8 Å². The van der Waals surface area contributed by atoms with E-state index >= 15 is 0 Å². The van der Waals surface area contributed by atoms with Crippen molar-refractivity contribution >= 4 is 17.5 Å². The Bertz CT molecular complexity index is 649. The minimum absolute atomic E-state index is 0.215. The van der Waals surface area contributed by atoms with Gasteiger partial charge in [-0.1, -0.05) is 37.6 Å². The van der Waals surface area contributed by atoms with Gasteiger partial charge in [-0.25, -0.2) is 4.79 Å². The van der Waals surface area contributed by atoms with Crippen LogP contribution in [0.3, 0.4) is 0 Å². The molecule has 0 aromatic rings. The topological polar surface area (TPSA) is 60.4 Å². The Labute approximate surface area is 143 Å². The molecule has 130 valence electrons. The summed E-state index contributed by atoms with van der Waals surface area (Å²) < 4.78 is 5.52. The highest BCUT2D eigenvalue weighted by Crippen LogP contribution is 2.30. The van der Waals surface area contributed by atoms with Crippen molar-refractivity contribution in [3.05, 3.63) is 34.9 Å². The van der Waals surface area contributed by atoms with E-state index in [2.05, 4.69) is 13.8 Å². The molecule has 1 atom stereocenters. The largest absolute Gasteiger partial charge is 0.448 e. The van der Waals surface area contributed by atoms with Crippen molar-refractivity contribution in [3.63, 3.8) is 0 Å². The molecule has 2 aliphatic rings. The van der Waals surface area contributed by atoms with Crippen LogP contribution in [0.5, 0.6) is 0 Å². The second-order valence-corrected chi connectivity index (χ2v) is 7.16. The van der Waals surface area contributed by atoms with Crippen molar-refractivity contribution in [2.45, 2.75) is 65.4 Å². The van der Waals surface area contributed by atoms with Crippen molar-refractivity contribution in [3.8, 4) is 0 Å². The molecule has 4 nitrogen and oxygen atoms in total. The molecule has 2 aliphatic heterocycles. The number of rotatable bonds is 1. The number of allylic oxidation sites excluding steroid dienone is 5. The van der Waals surface area contributed by atoms with E-state index in [1.165, 1.54) is 5.57 Å². The van der Waals surface area contributed by atoms with Gasteiger partial charge in [0, 0.05) is 5.57 Å². The van der Waals surface area contributed by atoms with Crippen LogP contribution >= 0.6 is 0 Å². The van der Waals surface area contributed by atoms with Crippen LogP contribution < -0.4 is 0 Å². The first-order valence-electron chi connectivity index (χ1n) is 8.59. The molecule has 0 radical (unpaired) electrons. The fourth-order valence-electron chi connectivity index (χ4n) is 2.97. The Morgan fingerprint density at radius 1 is 1.12 bits per heavy atom. The van der Waals surface area contributed by atoms with Gasteiger partial charge in [0.05, 0.1) is 6.42 Å². The highest BCUT2D eigenvalue weighted by molar-refractivity contribution is 6.10. The van der Waals surface area contributed by atoms with E-state index in [4.69, 9.17) is 4.74 Å². The van der Waals surface area contributed by atoms with E-state index in [0.717, 1.165) is 6.42 Å². The normalized spacial score (nSPS) is 26.5. The third kappa shape index (κ3) is 4.11. The number of hydrogen-bond donors (Lipinski definition) is 0. The average Bonchev–Trinajstić information content (AvgIpc) is 2.64. The van der Waals surface area contributed by atoms with Gasteiger partial charge < -0.3 is 4.74 Å². The Morgan fingerprint density at radius 3 is 2.50 bits per heavy atom. The Hall–Kier alpha value is -1.97. The lowest BCUT2D eigenvalue weighted by Crippen LogP contribution is -2.41. The molecule has 0 aromatic carbocycles. The van der Waals surface area contributed by atoms with E-state index in [1.54, 1.807) is 19.9 Å². The Balaban J connectivity index is 2.42. The molecule has 1 unspecified atom stereocenters. The predicted octanol–water partition coefficient (Wildman–Crippen LogP) is 3.86. The van der Waals surface area contributed by atoms with Gasteiger partial charge >= 0.3 is 5.97 Å². The minimum atomic E-state index is -1.21. The standard InChI is InChI=1S/C20H26O4/c1-13(2)15-8-7-14(3)17(21)12-18(22)20(4)11-5-6-16(10-9-15)19(23)24-20/h6-8,13H,5,9-12H2,1-4H3. The van der Waals surface area contributed by atoms with Crippen LogP contribution in [0, 0.1) is 5.92 Å². The second-order valence-electron chi connectivity index (χ2n) is 7.16. The zero-order valence-corrected chi connectivity index (χ0v) is 15.0. The number of ether oxygens (including phenoxy) is 1. The number of Topliss-reactive ketones (excluding diaryl/α,β-unsaturated/α-hetero) is 2. The first-order valence-corrected chi connectivity index (χ1v) is 8.59. The van der Waals surface area contributed by atoms with Gasteiger partial charge in [-0.3, -0.25) is 9.59 Å². The average molecular weight is 330 g/mol. The summed E-state index contributed by atoms with van der Waals surface area (Å²) in [6.45, 7) is 7.53. The van der Waals surface area contributed by atoms with Crippen LogP contribution in [0.2, 0.25) is 0 Å². The van der Waals surface area contributed by atoms with Gasteiger partial charge in [0.15, 0.2) is 17.2 Å². The van der Waals surface area contributed by atoms with Gasteiger partial charge in [0.25, 0.3) is 0 Å². The summed E-state index contributed by atoms with van der Waals surface area (Å²) >= 11 is 0. The highest BCUT2D eigenvalue weighted by atomic mass is 16.6. The number of esters is 1. The molecule has 0 fully saturated rings. The molecular weight excluding hydrogens is 304 g/mol. The first kappa shape index (κ1) is 18.4. The van der Waals surface area contributed by atoms with Gasteiger partial charge in [-0.2, -0.15) is 0 Å². The number of ketones is 2. The molecule has 2 heterocycles. The monoisotopic (exact) mass is 330 g/mol. The van der Waals surface area contributed by atoms with Gasteiger partial charge in [-0.05, 0) is 51.0 Å². The van der Waals surface area contributed by atoms with Gasteiger partial charge in [-0.15, -0.1) is 0 Å².